The van der Waals surface area contributed by atoms with Crippen LogP contribution >= 0.6 is 0 Å². The minimum atomic E-state index is -0.404. The lowest BCUT2D eigenvalue weighted by Gasteiger charge is -2.19. The predicted octanol–water partition coefficient (Wildman–Crippen LogP) is 0.923. The zero-order chi connectivity index (χ0) is 9.61. The quantitative estimate of drug-likeness (QED) is 0.297. The van der Waals surface area contributed by atoms with Gasteiger partial charge in [0.05, 0.1) is 6.42 Å². The van der Waals surface area contributed by atoms with Crippen LogP contribution in [0.5, 0.6) is 0 Å². The number of hydrazone groups is 1. The Morgan fingerprint density at radius 3 is 2.58 bits per heavy atom. The zero-order valence-corrected chi connectivity index (χ0v) is 7.89. The lowest BCUT2D eigenvalue weighted by atomic mass is 10.2. The summed E-state index contributed by atoms with van der Waals surface area (Å²) < 4.78 is 5.04. The molecule has 0 aromatic rings. The van der Waals surface area contributed by atoms with Crippen LogP contribution in [0.4, 0.5) is 0 Å². The molecule has 4 nitrogen and oxygen atoms in total. The topological polar surface area (TPSA) is 50.7 Å². The second kappa shape index (κ2) is 4.74. The molecule has 0 fully saturated rings. The highest BCUT2D eigenvalue weighted by atomic mass is 16.6. The molecule has 4 heteroatoms. The van der Waals surface area contributed by atoms with Gasteiger partial charge in [0.2, 0.25) is 0 Å². The first kappa shape index (κ1) is 10.9. The number of rotatable bonds is 4. The Balaban J connectivity index is 3.53. The van der Waals surface area contributed by atoms with E-state index in [1.54, 1.807) is 0 Å². The fourth-order valence-electron chi connectivity index (χ4n) is 0.630. The lowest BCUT2D eigenvalue weighted by molar-refractivity contribution is -0.154. The van der Waals surface area contributed by atoms with Crippen LogP contribution in [-0.2, 0) is 9.53 Å². The number of nitrogens with one attached hydrogen (secondary N) is 1. The normalized spacial score (nSPS) is 10.6. The molecule has 0 atom stereocenters. The Bertz CT molecular complexity index is 161. The molecule has 0 radical (unpaired) electrons. The molecule has 0 bridgehead atoms. The Morgan fingerprint density at radius 1 is 1.58 bits per heavy atom. The molecule has 0 rings (SSSR count). The highest BCUT2D eigenvalue weighted by molar-refractivity contribution is 5.70. The predicted molar refractivity (Wildman–Crippen MR) is 48.0 cm³/mol. The van der Waals surface area contributed by atoms with Crippen LogP contribution in [0, 0.1) is 0 Å². The maximum absolute atomic E-state index is 11.0. The van der Waals surface area contributed by atoms with E-state index in [0.717, 1.165) is 0 Å². The number of hydrogen-bond donors (Lipinski definition) is 1. The summed E-state index contributed by atoms with van der Waals surface area (Å²) in [5.74, 6) is -0.223. The van der Waals surface area contributed by atoms with Crippen LogP contribution in [0.3, 0.4) is 0 Å². The van der Waals surface area contributed by atoms with Gasteiger partial charge >= 0.3 is 5.97 Å². The molecular formula is C8H16N2O2. The molecule has 1 N–H and O–H groups in total. The lowest BCUT2D eigenvalue weighted by Crippen LogP contribution is -2.25. The smallest absolute Gasteiger partial charge is 0.308 e. The third-order valence-electron chi connectivity index (χ3n) is 0.973. The van der Waals surface area contributed by atoms with Gasteiger partial charge in [-0.2, -0.15) is 5.10 Å². The summed E-state index contributed by atoms with van der Waals surface area (Å²) in [5, 5.41) is 3.40. The van der Waals surface area contributed by atoms with Crippen LogP contribution in [0.15, 0.2) is 5.10 Å². The summed E-state index contributed by atoms with van der Waals surface area (Å²) in [6, 6.07) is 0. The molecule has 70 valence electrons. The third-order valence-corrected chi connectivity index (χ3v) is 0.973. The van der Waals surface area contributed by atoms with E-state index in [2.05, 4.69) is 17.2 Å². The van der Waals surface area contributed by atoms with Gasteiger partial charge in [-0.1, -0.05) is 0 Å². The van der Waals surface area contributed by atoms with Crippen molar-refractivity contribution in [3.63, 3.8) is 0 Å². The van der Waals surface area contributed by atoms with Crippen molar-refractivity contribution in [1.82, 2.24) is 5.43 Å². The number of hydrogen-bond acceptors (Lipinski definition) is 4. The molecule has 0 saturated carbocycles. The van der Waals surface area contributed by atoms with Gasteiger partial charge in [-0.25, -0.2) is 0 Å². The van der Waals surface area contributed by atoms with Crippen molar-refractivity contribution in [2.75, 3.05) is 6.54 Å². The fourth-order valence-corrected chi connectivity index (χ4v) is 0.630. The van der Waals surface area contributed by atoms with E-state index in [-0.39, 0.29) is 5.97 Å². The fraction of sp³-hybridized carbons (Fsp3) is 0.750. The average molecular weight is 172 g/mol. The van der Waals surface area contributed by atoms with Gasteiger partial charge < -0.3 is 10.2 Å². The highest BCUT2D eigenvalue weighted by Gasteiger charge is 2.15. The molecule has 0 aliphatic heterocycles. The first-order chi connectivity index (χ1) is 5.45. The van der Waals surface area contributed by atoms with Crippen molar-refractivity contribution in [3.8, 4) is 0 Å². The molecule has 0 saturated heterocycles. The third kappa shape index (κ3) is 7.05. The van der Waals surface area contributed by atoms with Gasteiger partial charge in [-0.15, -0.1) is 0 Å². The van der Waals surface area contributed by atoms with Crippen molar-refractivity contribution in [1.29, 1.82) is 0 Å². The molecule has 0 aliphatic carbocycles. The van der Waals surface area contributed by atoms with Crippen molar-refractivity contribution in [2.24, 2.45) is 5.10 Å². The Hall–Kier alpha value is -1.06. The summed E-state index contributed by atoms with van der Waals surface area (Å²) >= 11 is 0. The van der Waals surface area contributed by atoms with Crippen LogP contribution in [-0.4, -0.2) is 24.8 Å². The van der Waals surface area contributed by atoms with Crippen LogP contribution in [0.1, 0.15) is 27.2 Å². The van der Waals surface area contributed by atoms with E-state index in [9.17, 15) is 4.79 Å². The van der Waals surface area contributed by atoms with Crippen molar-refractivity contribution < 1.29 is 9.53 Å². The molecule has 12 heavy (non-hydrogen) atoms. The largest absolute Gasteiger partial charge is 0.460 e. The average Bonchev–Trinajstić information content (AvgIpc) is 1.84. The second-order valence-electron chi connectivity index (χ2n) is 3.40. The van der Waals surface area contributed by atoms with E-state index in [1.807, 2.05) is 20.8 Å². The number of carbonyl (C=O) groups is 1. The van der Waals surface area contributed by atoms with E-state index >= 15 is 0 Å². The van der Waals surface area contributed by atoms with Crippen LogP contribution < -0.4 is 5.43 Å². The number of esters is 1. The van der Waals surface area contributed by atoms with Crippen molar-refractivity contribution in [3.05, 3.63) is 0 Å². The van der Waals surface area contributed by atoms with Gasteiger partial charge in [0.1, 0.15) is 5.60 Å². The Kier molecular flexibility index (Phi) is 4.33. The van der Waals surface area contributed by atoms with Gasteiger partial charge in [0.25, 0.3) is 0 Å². The molecular weight excluding hydrogens is 156 g/mol. The second-order valence-corrected chi connectivity index (χ2v) is 3.40. The Labute approximate surface area is 73.0 Å². The van der Waals surface area contributed by atoms with Gasteiger partial charge in [-0.05, 0) is 20.8 Å². The maximum atomic E-state index is 11.0. The zero-order valence-electron chi connectivity index (χ0n) is 7.89. The minimum absolute atomic E-state index is 0.223. The SMILES string of the molecule is C=NNCCC(=O)OC(C)(C)C. The van der Waals surface area contributed by atoms with Crippen LogP contribution in [0.2, 0.25) is 0 Å². The minimum Gasteiger partial charge on any atom is -0.460 e. The molecule has 0 aromatic carbocycles. The van der Waals surface area contributed by atoms with Gasteiger partial charge in [0.15, 0.2) is 0 Å². The maximum Gasteiger partial charge on any atom is 0.308 e. The summed E-state index contributed by atoms with van der Waals surface area (Å²) in [4.78, 5) is 11.0. The Morgan fingerprint density at radius 2 is 2.17 bits per heavy atom. The molecule has 0 unspecified atom stereocenters. The van der Waals surface area contributed by atoms with E-state index < -0.39 is 5.60 Å². The number of nitrogens with zero attached hydrogens (tertiary/aromatic N) is 1. The summed E-state index contributed by atoms with van der Waals surface area (Å²) in [7, 11) is 0. The monoisotopic (exact) mass is 172 g/mol. The van der Waals surface area contributed by atoms with E-state index in [1.165, 1.54) is 0 Å². The standard InChI is InChI=1S/C8H16N2O2/c1-8(2,3)12-7(11)5-6-10-9-4/h10H,4-6H2,1-3H3. The molecule has 0 aromatic heterocycles. The van der Waals surface area contributed by atoms with Gasteiger partial charge in [0, 0.05) is 13.3 Å². The van der Waals surface area contributed by atoms with Crippen molar-refractivity contribution in [2.45, 2.75) is 32.8 Å². The number of carbonyl (C=O) groups excluding carboxylic acids is 1. The van der Waals surface area contributed by atoms with Crippen LogP contribution in [0.25, 0.3) is 0 Å². The van der Waals surface area contributed by atoms with Gasteiger partial charge in [-0.3, -0.25) is 4.79 Å². The van der Waals surface area contributed by atoms with E-state index in [0.29, 0.717) is 13.0 Å². The summed E-state index contributed by atoms with van der Waals surface area (Å²) in [5.41, 5.74) is 2.17. The van der Waals surface area contributed by atoms with E-state index in [4.69, 9.17) is 4.74 Å². The molecule has 0 aliphatic rings. The molecule has 0 heterocycles. The summed E-state index contributed by atoms with van der Waals surface area (Å²) in [6.07, 6.45) is 0.316. The molecule has 0 spiro atoms. The van der Waals surface area contributed by atoms with Crippen molar-refractivity contribution >= 4 is 12.7 Å². The first-order valence-electron chi connectivity index (χ1n) is 3.86. The first-order valence-corrected chi connectivity index (χ1v) is 3.86. The summed E-state index contributed by atoms with van der Waals surface area (Å²) in [6.45, 7) is 9.20. The molecule has 0 amide bonds. The highest BCUT2D eigenvalue weighted by Crippen LogP contribution is 2.07. The number of ether oxygens (including phenoxy) is 1.